The summed E-state index contributed by atoms with van der Waals surface area (Å²) in [7, 11) is 0. The van der Waals surface area contributed by atoms with Gasteiger partial charge in [-0.05, 0) is 48.6 Å². The van der Waals surface area contributed by atoms with Crippen molar-refractivity contribution < 1.29 is 4.79 Å². The molecule has 1 saturated heterocycles. The first-order valence-electron chi connectivity index (χ1n) is 10.9. The first kappa shape index (κ1) is 20.7. The largest absolute Gasteiger partial charge is 0.369 e. The molecule has 0 aromatic heterocycles. The standard InChI is InChI=1S/C27H27N3O/c28-21-24-12-5-7-14-26(24)29-17-8-18-30(20-19-29)27(31)25-13-6-4-11-23(25)16-15-22-9-2-1-3-10-22/h1-7,9-14H,8,15-20H2. The van der Waals surface area contributed by atoms with Crippen LogP contribution < -0.4 is 4.90 Å². The predicted octanol–water partition coefficient (Wildman–Crippen LogP) is 4.70. The number of benzene rings is 3. The SMILES string of the molecule is N#Cc1ccccc1N1CCCN(C(=O)c2ccccc2CCc2ccccc2)CC1. The van der Waals surface area contributed by atoms with Crippen molar-refractivity contribution in [1.82, 2.24) is 4.90 Å². The van der Waals surface area contributed by atoms with Crippen LogP contribution >= 0.6 is 0 Å². The van der Waals surface area contributed by atoms with Crippen LogP contribution in [0.25, 0.3) is 0 Å². The van der Waals surface area contributed by atoms with E-state index in [-0.39, 0.29) is 5.91 Å². The van der Waals surface area contributed by atoms with Gasteiger partial charge in [0.15, 0.2) is 0 Å². The van der Waals surface area contributed by atoms with Gasteiger partial charge in [0.1, 0.15) is 6.07 Å². The Kier molecular flexibility index (Phi) is 6.64. The van der Waals surface area contributed by atoms with Crippen LogP contribution in [0.1, 0.15) is 33.5 Å². The number of rotatable bonds is 5. The lowest BCUT2D eigenvalue weighted by Gasteiger charge is -2.25. The van der Waals surface area contributed by atoms with Crippen LogP contribution in [0.5, 0.6) is 0 Å². The minimum absolute atomic E-state index is 0.110. The quantitative estimate of drug-likeness (QED) is 0.614. The van der Waals surface area contributed by atoms with E-state index in [1.165, 1.54) is 5.56 Å². The Morgan fingerprint density at radius 2 is 1.55 bits per heavy atom. The lowest BCUT2D eigenvalue weighted by atomic mass is 9.99. The fourth-order valence-electron chi connectivity index (χ4n) is 4.25. The number of nitrogens with zero attached hydrogens (tertiary/aromatic N) is 3. The second-order valence-corrected chi connectivity index (χ2v) is 7.90. The molecule has 3 aromatic carbocycles. The van der Waals surface area contributed by atoms with Gasteiger partial charge >= 0.3 is 0 Å². The highest BCUT2D eigenvalue weighted by atomic mass is 16.2. The van der Waals surface area contributed by atoms with E-state index in [0.29, 0.717) is 12.1 Å². The van der Waals surface area contributed by atoms with Gasteiger partial charge in [0.25, 0.3) is 5.91 Å². The van der Waals surface area contributed by atoms with Gasteiger partial charge in [0, 0.05) is 31.7 Å². The van der Waals surface area contributed by atoms with Crippen LogP contribution in [0, 0.1) is 11.3 Å². The van der Waals surface area contributed by atoms with E-state index >= 15 is 0 Å². The monoisotopic (exact) mass is 409 g/mol. The van der Waals surface area contributed by atoms with Crippen LogP contribution in [0.2, 0.25) is 0 Å². The number of carbonyl (C=O) groups excluding carboxylic acids is 1. The Hall–Kier alpha value is -3.58. The van der Waals surface area contributed by atoms with Crippen LogP contribution in [0.15, 0.2) is 78.9 Å². The van der Waals surface area contributed by atoms with Gasteiger partial charge < -0.3 is 9.80 Å². The number of carbonyl (C=O) groups is 1. The normalized spacial score (nSPS) is 14.0. The molecule has 1 heterocycles. The summed E-state index contributed by atoms with van der Waals surface area (Å²) in [6, 6.07) is 28.4. The smallest absolute Gasteiger partial charge is 0.254 e. The summed E-state index contributed by atoms with van der Waals surface area (Å²) >= 11 is 0. The van der Waals surface area contributed by atoms with Crippen molar-refractivity contribution in [2.24, 2.45) is 0 Å². The molecule has 1 aliphatic rings. The number of hydrogen-bond donors (Lipinski definition) is 0. The maximum atomic E-state index is 13.4. The molecule has 0 bridgehead atoms. The average molecular weight is 410 g/mol. The zero-order valence-corrected chi connectivity index (χ0v) is 17.7. The molecule has 0 atom stereocenters. The van der Waals surface area contributed by atoms with E-state index in [2.05, 4.69) is 41.3 Å². The van der Waals surface area contributed by atoms with Gasteiger partial charge in [-0.1, -0.05) is 60.7 Å². The van der Waals surface area contributed by atoms with E-state index in [4.69, 9.17) is 0 Å². The molecule has 0 N–H and O–H groups in total. The van der Waals surface area contributed by atoms with Crippen LogP contribution in [0.3, 0.4) is 0 Å². The minimum atomic E-state index is 0.110. The molecule has 4 nitrogen and oxygen atoms in total. The lowest BCUT2D eigenvalue weighted by Crippen LogP contribution is -2.35. The third-order valence-corrected chi connectivity index (χ3v) is 5.92. The molecule has 31 heavy (non-hydrogen) atoms. The molecule has 4 rings (SSSR count). The summed E-state index contributed by atoms with van der Waals surface area (Å²) < 4.78 is 0. The zero-order valence-electron chi connectivity index (χ0n) is 17.7. The summed E-state index contributed by atoms with van der Waals surface area (Å²) in [5.74, 6) is 0.110. The molecule has 0 aliphatic carbocycles. The van der Waals surface area contributed by atoms with Crippen molar-refractivity contribution in [2.75, 3.05) is 31.1 Å². The fourth-order valence-corrected chi connectivity index (χ4v) is 4.25. The number of aryl methyl sites for hydroxylation is 2. The van der Waals surface area contributed by atoms with Crippen molar-refractivity contribution >= 4 is 11.6 Å². The van der Waals surface area contributed by atoms with E-state index in [9.17, 15) is 10.1 Å². The first-order valence-corrected chi connectivity index (χ1v) is 10.9. The van der Waals surface area contributed by atoms with Gasteiger partial charge in [-0.3, -0.25) is 4.79 Å². The topological polar surface area (TPSA) is 47.3 Å². The van der Waals surface area contributed by atoms with Crippen LogP contribution in [-0.2, 0) is 12.8 Å². The highest BCUT2D eigenvalue weighted by Gasteiger charge is 2.23. The Morgan fingerprint density at radius 1 is 0.806 bits per heavy atom. The van der Waals surface area contributed by atoms with E-state index in [0.717, 1.165) is 55.7 Å². The second kappa shape index (κ2) is 9.95. The van der Waals surface area contributed by atoms with Gasteiger partial charge in [-0.25, -0.2) is 0 Å². The van der Waals surface area contributed by atoms with E-state index < -0.39 is 0 Å². The van der Waals surface area contributed by atoms with Crippen LogP contribution in [-0.4, -0.2) is 37.0 Å². The van der Waals surface area contributed by atoms with Gasteiger partial charge in [-0.2, -0.15) is 5.26 Å². The molecule has 0 spiro atoms. The molecule has 1 fully saturated rings. The molecular weight excluding hydrogens is 382 g/mol. The van der Waals surface area contributed by atoms with E-state index in [1.54, 1.807) is 0 Å². The van der Waals surface area contributed by atoms with Crippen molar-refractivity contribution in [3.05, 3.63) is 101 Å². The number of para-hydroxylation sites is 1. The van der Waals surface area contributed by atoms with Crippen molar-refractivity contribution in [3.63, 3.8) is 0 Å². The summed E-state index contributed by atoms with van der Waals surface area (Å²) in [6.45, 7) is 2.97. The summed E-state index contributed by atoms with van der Waals surface area (Å²) in [6.07, 6.45) is 2.66. The predicted molar refractivity (Wildman–Crippen MR) is 124 cm³/mol. The summed E-state index contributed by atoms with van der Waals surface area (Å²) in [5, 5.41) is 9.43. The van der Waals surface area contributed by atoms with Crippen LogP contribution in [0.4, 0.5) is 5.69 Å². The van der Waals surface area contributed by atoms with Crippen molar-refractivity contribution in [2.45, 2.75) is 19.3 Å². The molecule has 156 valence electrons. The molecule has 1 amide bonds. The Bertz CT molecular complexity index is 1070. The summed E-state index contributed by atoms with van der Waals surface area (Å²) in [4.78, 5) is 17.6. The van der Waals surface area contributed by atoms with Gasteiger partial charge in [0.05, 0.1) is 11.3 Å². The Labute approximate surface area is 184 Å². The molecular formula is C27H27N3O. The zero-order chi connectivity index (χ0) is 21.5. The minimum Gasteiger partial charge on any atom is -0.369 e. The number of nitriles is 1. The van der Waals surface area contributed by atoms with Gasteiger partial charge in [0.2, 0.25) is 0 Å². The molecule has 4 heteroatoms. The van der Waals surface area contributed by atoms with Crippen molar-refractivity contribution in [1.29, 1.82) is 5.26 Å². The third kappa shape index (κ3) is 4.95. The highest BCUT2D eigenvalue weighted by Crippen LogP contribution is 2.22. The first-order chi connectivity index (χ1) is 15.3. The highest BCUT2D eigenvalue weighted by molar-refractivity contribution is 5.95. The number of hydrogen-bond acceptors (Lipinski definition) is 3. The average Bonchev–Trinajstić information content (AvgIpc) is 3.09. The van der Waals surface area contributed by atoms with Crippen molar-refractivity contribution in [3.8, 4) is 6.07 Å². The number of amides is 1. The lowest BCUT2D eigenvalue weighted by molar-refractivity contribution is 0.0766. The van der Waals surface area contributed by atoms with Gasteiger partial charge in [-0.15, -0.1) is 0 Å². The Morgan fingerprint density at radius 3 is 2.39 bits per heavy atom. The molecule has 1 aliphatic heterocycles. The second-order valence-electron chi connectivity index (χ2n) is 7.90. The summed E-state index contributed by atoms with van der Waals surface area (Å²) in [5.41, 5.74) is 4.85. The third-order valence-electron chi connectivity index (χ3n) is 5.92. The molecule has 0 saturated carbocycles. The maximum Gasteiger partial charge on any atom is 0.254 e. The number of anilines is 1. The Balaban J connectivity index is 1.46. The maximum absolute atomic E-state index is 13.4. The molecule has 0 unspecified atom stereocenters. The molecule has 0 radical (unpaired) electrons. The van der Waals surface area contributed by atoms with E-state index in [1.807, 2.05) is 53.4 Å². The molecule has 3 aromatic rings. The fraction of sp³-hybridized carbons (Fsp3) is 0.259.